The van der Waals surface area contributed by atoms with Gasteiger partial charge in [0, 0.05) is 23.6 Å². The minimum atomic E-state index is -0.391. The summed E-state index contributed by atoms with van der Waals surface area (Å²) in [5.41, 5.74) is 2.34. The summed E-state index contributed by atoms with van der Waals surface area (Å²) in [7, 11) is 0. The van der Waals surface area contributed by atoms with Gasteiger partial charge in [0.05, 0.1) is 17.7 Å². The number of nitrogens with zero attached hydrogens (tertiary/aromatic N) is 2. The molecular formula is C21H15N3O3. The molecule has 3 aromatic rings. The van der Waals surface area contributed by atoms with Crippen LogP contribution in [-0.2, 0) is 6.54 Å². The lowest BCUT2D eigenvalue weighted by molar-refractivity contribution is 0.0642. The van der Waals surface area contributed by atoms with E-state index >= 15 is 0 Å². The molecule has 1 aromatic heterocycles. The van der Waals surface area contributed by atoms with E-state index in [2.05, 4.69) is 10.3 Å². The van der Waals surface area contributed by atoms with E-state index < -0.39 is 5.91 Å². The highest BCUT2D eigenvalue weighted by atomic mass is 16.2. The summed E-state index contributed by atoms with van der Waals surface area (Å²) in [6.07, 6.45) is 3.14. The molecule has 27 heavy (non-hydrogen) atoms. The Morgan fingerprint density at radius 3 is 2.33 bits per heavy atom. The van der Waals surface area contributed by atoms with Crippen molar-refractivity contribution in [3.63, 3.8) is 0 Å². The maximum atomic E-state index is 12.7. The van der Waals surface area contributed by atoms with Crippen molar-refractivity contribution >= 4 is 23.4 Å². The fraction of sp³-hybridized carbons (Fsp3) is 0.0476. The van der Waals surface area contributed by atoms with Crippen LogP contribution >= 0.6 is 0 Å². The summed E-state index contributed by atoms with van der Waals surface area (Å²) in [5, 5.41) is 2.74. The fourth-order valence-corrected chi connectivity index (χ4v) is 2.98. The minimum absolute atomic E-state index is 0.200. The number of aromatic nitrogens is 1. The molecule has 1 aliphatic heterocycles. The standard InChI is InChI=1S/C21H15N3O3/c25-19(23-16-8-10-22-11-9-16)15-6-7-17-18(12-15)21(27)24(20(17)26)13-14-4-2-1-3-5-14/h1-12H,13H2,(H,22,23,25). The minimum Gasteiger partial charge on any atom is -0.322 e. The first-order valence-electron chi connectivity index (χ1n) is 8.39. The summed E-state index contributed by atoms with van der Waals surface area (Å²) < 4.78 is 0. The zero-order valence-corrected chi connectivity index (χ0v) is 14.3. The van der Waals surface area contributed by atoms with E-state index in [9.17, 15) is 14.4 Å². The Labute approximate surface area is 155 Å². The second-order valence-electron chi connectivity index (χ2n) is 6.13. The van der Waals surface area contributed by atoms with Crippen LogP contribution in [0.15, 0.2) is 73.1 Å². The number of imide groups is 1. The summed E-state index contributed by atoms with van der Waals surface area (Å²) >= 11 is 0. The number of rotatable bonds is 4. The van der Waals surface area contributed by atoms with Gasteiger partial charge >= 0.3 is 0 Å². The van der Waals surface area contributed by atoms with E-state index in [1.165, 1.54) is 17.0 Å². The van der Waals surface area contributed by atoms with Crippen molar-refractivity contribution in [2.75, 3.05) is 5.32 Å². The molecule has 1 N–H and O–H groups in total. The molecule has 0 saturated carbocycles. The number of benzene rings is 2. The van der Waals surface area contributed by atoms with E-state index in [0.29, 0.717) is 16.8 Å². The van der Waals surface area contributed by atoms with Crippen molar-refractivity contribution in [2.24, 2.45) is 0 Å². The molecule has 0 spiro atoms. The number of fused-ring (bicyclic) bond motifs is 1. The maximum absolute atomic E-state index is 12.7. The van der Waals surface area contributed by atoms with Gasteiger partial charge in [0.1, 0.15) is 0 Å². The van der Waals surface area contributed by atoms with Gasteiger partial charge in [-0.15, -0.1) is 0 Å². The number of carbonyl (C=O) groups excluding carboxylic acids is 3. The van der Waals surface area contributed by atoms with Crippen molar-refractivity contribution in [3.05, 3.63) is 95.3 Å². The lowest BCUT2D eigenvalue weighted by Crippen LogP contribution is -2.29. The van der Waals surface area contributed by atoms with Crippen molar-refractivity contribution < 1.29 is 14.4 Å². The predicted molar refractivity (Wildman–Crippen MR) is 99.3 cm³/mol. The van der Waals surface area contributed by atoms with E-state index in [0.717, 1.165) is 5.56 Å². The molecule has 0 saturated heterocycles. The molecule has 0 fully saturated rings. The highest BCUT2D eigenvalue weighted by Gasteiger charge is 2.35. The van der Waals surface area contributed by atoms with Crippen molar-refractivity contribution in [1.82, 2.24) is 9.88 Å². The van der Waals surface area contributed by atoms with Crippen LogP contribution in [0.3, 0.4) is 0 Å². The Morgan fingerprint density at radius 1 is 0.889 bits per heavy atom. The van der Waals surface area contributed by atoms with Crippen LogP contribution < -0.4 is 5.32 Å². The summed E-state index contributed by atoms with van der Waals surface area (Å²) in [5.74, 6) is -1.09. The van der Waals surface area contributed by atoms with Gasteiger partial charge in [-0.25, -0.2) is 0 Å². The molecule has 3 amide bonds. The van der Waals surface area contributed by atoms with Crippen LogP contribution in [0.2, 0.25) is 0 Å². The van der Waals surface area contributed by atoms with Gasteiger partial charge < -0.3 is 5.32 Å². The molecule has 2 aromatic carbocycles. The first kappa shape index (κ1) is 16.7. The molecule has 0 radical (unpaired) electrons. The summed E-state index contributed by atoms with van der Waals surface area (Å²) in [4.78, 5) is 42.8. The Kier molecular flexibility index (Phi) is 4.22. The first-order valence-corrected chi connectivity index (χ1v) is 8.39. The zero-order valence-electron chi connectivity index (χ0n) is 14.3. The van der Waals surface area contributed by atoms with Crippen LogP contribution in [0, 0.1) is 0 Å². The zero-order chi connectivity index (χ0) is 18.8. The van der Waals surface area contributed by atoms with Crippen molar-refractivity contribution in [1.29, 1.82) is 0 Å². The third-order valence-corrected chi connectivity index (χ3v) is 4.35. The first-order chi connectivity index (χ1) is 13.1. The van der Waals surface area contributed by atoms with Crippen LogP contribution in [0.5, 0.6) is 0 Å². The molecule has 1 aliphatic rings. The summed E-state index contributed by atoms with van der Waals surface area (Å²) in [6.45, 7) is 0.200. The predicted octanol–water partition coefficient (Wildman–Crippen LogP) is 3.13. The molecule has 0 atom stereocenters. The Bertz CT molecular complexity index is 1030. The lowest BCUT2D eigenvalue weighted by Gasteiger charge is -2.13. The third kappa shape index (κ3) is 3.20. The maximum Gasteiger partial charge on any atom is 0.261 e. The number of carbonyl (C=O) groups is 3. The van der Waals surface area contributed by atoms with Crippen LogP contribution in [0.1, 0.15) is 36.6 Å². The number of pyridine rings is 1. The largest absolute Gasteiger partial charge is 0.322 e. The second-order valence-corrected chi connectivity index (χ2v) is 6.13. The van der Waals surface area contributed by atoms with Gasteiger partial charge in [-0.1, -0.05) is 30.3 Å². The smallest absolute Gasteiger partial charge is 0.261 e. The van der Waals surface area contributed by atoms with Crippen LogP contribution in [0.25, 0.3) is 0 Å². The van der Waals surface area contributed by atoms with E-state index in [4.69, 9.17) is 0 Å². The lowest BCUT2D eigenvalue weighted by atomic mass is 10.1. The van der Waals surface area contributed by atoms with E-state index in [-0.39, 0.29) is 23.9 Å². The van der Waals surface area contributed by atoms with Crippen LogP contribution in [-0.4, -0.2) is 27.6 Å². The molecule has 0 bridgehead atoms. The van der Waals surface area contributed by atoms with Gasteiger partial charge in [-0.3, -0.25) is 24.3 Å². The number of nitrogens with one attached hydrogen (secondary N) is 1. The Hall–Kier alpha value is -3.80. The molecule has 0 unspecified atom stereocenters. The Morgan fingerprint density at radius 2 is 1.59 bits per heavy atom. The molecule has 6 heteroatoms. The van der Waals surface area contributed by atoms with Gasteiger partial charge in [-0.2, -0.15) is 0 Å². The molecule has 4 rings (SSSR count). The molecule has 0 aliphatic carbocycles. The molecular weight excluding hydrogens is 342 g/mol. The van der Waals surface area contributed by atoms with E-state index in [1.807, 2.05) is 30.3 Å². The number of hydrogen-bond acceptors (Lipinski definition) is 4. The molecule has 6 nitrogen and oxygen atoms in total. The average Bonchev–Trinajstić information content (AvgIpc) is 2.94. The molecule has 132 valence electrons. The number of anilines is 1. The number of amides is 3. The normalized spacial score (nSPS) is 12.8. The van der Waals surface area contributed by atoms with Gasteiger partial charge in [0.15, 0.2) is 0 Å². The van der Waals surface area contributed by atoms with Gasteiger partial charge in [-0.05, 0) is 35.9 Å². The quantitative estimate of drug-likeness (QED) is 0.728. The fourth-order valence-electron chi connectivity index (χ4n) is 2.98. The highest BCUT2D eigenvalue weighted by Crippen LogP contribution is 2.26. The SMILES string of the molecule is O=C(Nc1ccncc1)c1ccc2c(c1)C(=O)N(Cc1ccccc1)C2=O. The van der Waals surface area contributed by atoms with Gasteiger partial charge in [0.25, 0.3) is 17.7 Å². The average molecular weight is 357 g/mol. The highest BCUT2D eigenvalue weighted by molar-refractivity contribution is 6.22. The molecule has 2 heterocycles. The number of hydrogen-bond donors (Lipinski definition) is 1. The van der Waals surface area contributed by atoms with Crippen molar-refractivity contribution in [2.45, 2.75) is 6.54 Å². The van der Waals surface area contributed by atoms with Gasteiger partial charge in [0.2, 0.25) is 0 Å². The topological polar surface area (TPSA) is 79.4 Å². The van der Waals surface area contributed by atoms with Crippen LogP contribution in [0.4, 0.5) is 5.69 Å². The summed E-state index contributed by atoms with van der Waals surface area (Å²) in [6, 6.07) is 17.2. The van der Waals surface area contributed by atoms with Crippen molar-refractivity contribution in [3.8, 4) is 0 Å². The van der Waals surface area contributed by atoms with E-state index in [1.54, 1.807) is 30.6 Å². The monoisotopic (exact) mass is 357 g/mol. The Balaban J connectivity index is 1.58. The third-order valence-electron chi connectivity index (χ3n) is 4.35. The second kappa shape index (κ2) is 6.84.